The van der Waals surface area contributed by atoms with E-state index in [2.05, 4.69) is 5.92 Å². The first-order valence-electron chi connectivity index (χ1n) is 10.9. The van der Waals surface area contributed by atoms with Crippen molar-refractivity contribution in [3.63, 3.8) is 0 Å². The Kier molecular flexibility index (Phi) is 7.24. The predicted octanol–water partition coefficient (Wildman–Crippen LogP) is 3.70. The van der Waals surface area contributed by atoms with Crippen LogP contribution in [0.1, 0.15) is 31.1 Å². The molecule has 0 N–H and O–H groups in total. The Morgan fingerprint density at radius 3 is 1.80 bits per heavy atom. The number of carbonyl (C=O) groups is 3. The molecule has 3 aromatic rings. The van der Waals surface area contributed by atoms with E-state index in [1.54, 1.807) is 91.0 Å². The van der Waals surface area contributed by atoms with Crippen molar-refractivity contribution in [3.05, 3.63) is 108 Å². The lowest BCUT2D eigenvalue weighted by molar-refractivity contribution is -0.0607. The van der Waals surface area contributed by atoms with E-state index in [9.17, 15) is 14.4 Å². The Labute approximate surface area is 202 Å². The Bertz CT molecular complexity index is 1220. The van der Waals surface area contributed by atoms with E-state index in [4.69, 9.17) is 25.4 Å². The van der Waals surface area contributed by atoms with E-state index in [1.807, 2.05) is 0 Å². The molecule has 4 rings (SSSR count). The number of carbonyl (C=O) groups excluding carboxylic acids is 3. The first-order valence-corrected chi connectivity index (χ1v) is 10.9. The Hall–Kier alpha value is -4.41. The fourth-order valence-corrected chi connectivity index (χ4v) is 3.62. The van der Waals surface area contributed by atoms with Crippen LogP contribution in [0.15, 0.2) is 91.0 Å². The van der Waals surface area contributed by atoms with E-state index in [0.29, 0.717) is 5.56 Å². The van der Waals surface area contributed by atoms with Gasteiger partial charge in [-0.15, -0.1) is 6.42 Å². The molecule has 0 radical (unpaired) electrons. The molecule has 7 heteroatoms. The van der Waals surface area contributed by atoms with Gasteiger partial charge >= 0.3 is 17.9 Å². The number of benzene rings is 3. The minimum absolute atomic E-state index is 0.248. The van der Waals surface area contributed by atoms with Crippen molar-refractivity contribution in [3.8, 4) is 12.3 Å². The normalized spacial score (nSPS) is 20.9. The van der Waals surface area contributed by atoms with Gasteiger partial charge in [-0.1, -0.05) is 60.5 Å². The summed E-state index contributed by atoms with van der Waals surface area (Å²) >= 11 is 0. The van der Waals surface area contributed by atoms with Crippen LogP contribution < -0.4 is 0 Å². The number of esters is 3. The van der Waals surface area contributed by atoms with Crippen molar-refractivity contribution >= 4 is 17.9 Å². The summed E-state index contributed by atoms with van der Waals surface area (Å²) in [6, 6.07) is 25.0. The topological polar surface area (TPSA) is 88.1 Å². The molecule has 0 bridgehead atoms. The molecule has 176 valence electrons. The van der Waals surface area contributed by atoms with E-state index in [0.717, 1.165) is 0 Å². The summed E-state index contributed by atoms with van der Waals surface area (Å²) in [7, 11) is 0. The van der Waals surface area contributed by atoms with Gasteiger partial charge in [0, 0.05) is 0 Å². The molecule has 0 saturated carbocycles. The molecule has 0 amide bonds. The highest BCUT2D eigenvalue weighted by atomic mass is 16.7. The zero-order valence-corrected chi connectivity index (χ0v) is 18.7. The van der Waals surface area contributed by atoms with Crippen LogP contribution in [0.25, 0.3) is 0 Å². The second kappa shape index (κ2) is 10.7. The van der Waals surface area contributed by atoms with Crippen LogP contribution >= 0.6 is 0 Å². The molecule has 35 heavy (non-hydrogen) atoms. The van der Waals surface area contributed by atoms with E-state index >= 15 is 0 Å². The molecule has 3 aromatic carbocycles. The highest BCUT2D eigenvalue weighted by Gasteiger charge is 2.55. The quantitative estimate of drug-likeness (QED) is 0.296. The van der Waals surface area contributed by atoms with Gasteiger partial charge in [0.05, 0.1) is 16.7 Å². The van der Waals surface area contributed by atoms with Gasteiger partial charge in [0.2, 0.25) is 5.60 Å². The smallest absolute Gasteiger partial charge is 0.339 e. The van der Waals surface area contributed by atoms with E-state index in [1.165, 1.54) is 0 Å². The van der Waals surface area contributed by atoms with Gasteiger partial charge in [0.1, 0.15) is 19.3 Å². The fourth-order valence-electron chi connectivity index (χ4n) is 3.62. The van der Waals surface area contributed by atoms with Crippen LogP contribution in [0.2, 0.25) is 0 Å². The standard InChI is InChI=1S/C28H22O7/c1-2-28(35-27(31)22-16-10-5-11-17-22)19-33-23(18-32-25(29)20-12-6-3-7-13-20)24(28)34-26(30)21-14-8-4-9-15-21/h1,3-17,23-24H,18-19H2/t23-,24-,28+/m1/s1. The maximum Gasteiger partial charge on any atom is 0.339 e. The third kappa shape index (κ3) is 5.40. The summed E-state index contributed by atoms with van der Waals surface area (Å²) in [5.74, 6) is 0.483. The van der Waals surface area contributed by atoms with Crippen molar-refractivity contribution < 1.29 is 33.3 Å². The molecule has 1 saturated heterocycles. The van der Waals surface area contributed by atoms with Gasteiger partial charge in [0.25, 0.3) is 0 Å². The predicted molar refractivity (Wildman–Crippen MR) is 126 cm³/mol. The van der Waals surface area contributed by atoms with Crippen molar-refractivity contribution in [2.75, 3.05) is 13.2 Å². The highest BCUT2D eigenvalue weighted by Crippen LogP contribution is 2.33. The summed E-state index contributed by atoms with van der Waals surface area (Å²) in [5.41, 5.74) is -0.822. The summed E-state index contributed by atoms with van der Waals surface area (Å²) in [5, 5.41) is 0. The number of terminal acetylenes is 1. The average molecular weight is 470 g/mol. The molecule has 0 aromatic heterocycles. The monoisotopic (exact) mass is 470 g/mol. The van der Waals surface area contributed by atoms with Crippen LogP contribution in [0.3, 0.4) is 0 Å². The van der Waals surface area contributed by atoms with E-state index in [-0.39, 0.29) is 24.3 Å². The molecular weight excluding hydrogens is 448 g/mol. The summed E-state index contributed by atoms with van der Waals surface area (Å²) in [6.45, 7) is -0.519. The third-order valence-corrected chi connectivity index (χ3v) is 5.47. The number of rotatable bonds is 7. The van der Waals surface area contributed by atoms with Gasteiger partial charge in [-0.3, -0.25) is 0 Å². The van der Waals surface area contributed by atoms with Gasteiger partial charge in [-0.05, 0) is 36.4 Å². The molecule has 7 nitrogen and oxygen atoms in total. The SMILES string of the molecule is C#C[C@]1(OC(=O)c2ccccc2)CO[C@H](COC(=O)c2ccccc2)[C@H]1OC(=O)c1ccccc1. The Balaban J connectivity index is 1.56. The number of hydrogen-bond donors (Lipinski definition) is 0. The number of hydrogen-bond acceptors (Lipinski definition) is 7. The van der Waals surface area contributed by atoms with Crippen LogP contribution in [0.4, 0.5) is 0 Å². The maximum atomic E-state index is 12.9. The van der Waals surface area contributed by atoms with Gasteiger partial charge in [-0.25, -0.2) is 14.4 Å². The minimum atomic E-state index is -1.72. The van der Waals surface area contributed by atoms with Crippen LogP contribution in [0.5, 0.6) is 0 Å². The molecule has 3 atom stereocenters. The van der Waals surface area contributed by atoms with Crippen molar-refractivity contribution in [1.29, 1.82) is 0 Å². The highest BCUT2D eigenvalue weighted by molar-refractivity contribution is 5.91. The zero-order valence-electron chi connectivity index (χ0n) is 18.7. The van der Waals surface area contributed by atoms with Gasteiger partial charge in [0.15, 0.2) is 6.10 Å². The van der Waals surface area contributed by atoms with Crippen LogP contribution in [0, 0.1) is 12.3 Å². The molecule has 1 fully saturated rings. The third-order valence-electron chi connectivity index (χ3n) is 5.47. The number of ether oxygens (including phenoxy) is 4. The molecular formula is C28H22O7. The molecule has 1 heterocycles. The summed E-state index contributed by atoms with van der Waals surface area (Å²) in [6.07, 6.45) is 3.61. The molecule has 0 aliphatic carbocycles. The Morgan fingerprint density at radius 1 is 0.800 bits per heavy atom. The average Bonchev–Trinajstić information content (AvgIpc) is 3.25. The maximum absolute atomic E-state index is 12.9. The first kappa shape index (κ1) is 23.7. The molecule has 0 unspecified atom stereocenters. The fraction of sp³-hybridized carbons (Fsp3) is 0.179. The van der Waals surface area contributed by atoms with Crippen molar-refractivity contribution in [2.24, 2.45) is 0 Å². The lowest BCUT2D eigenvalue weighted by Crippen LogP contribution is -2.50. The summed E-state index contributed by atoms with van der Waals surface area (Å²) < 4.78 is 22.6. The first-order chi connectivity index (χ1) is 17.0. The minimum Gasteiger partial charge on any atom is -0.459 e. The van der Waals surface area contributed by atoms with Crippen LogP contribution in [-0.4, -0.2) is 48.9 Å². The molecule has 0 spiro atoms. The second-order valence-electron chi connectivity index (χ2n) is 7.80. The lowest BCUT2D eigenvalue weighted by atomic mass is 9.96. The lowest BCUT2D eigenvalue weighted by Gasteiger charge is -2.30. The molecule has 1 aliphatic heterocycles. The van der Waals surface area contributed by atoms with E-state index < -0.39 is 35.7 Å². The Morgan fingerprint density at radius 2 is 1.29 bits per heavy atom. The second-order valence-corrected chi connectivity index (χ2v) is 7.80. The zero-order chi connectivity index (χ0) is 24.7. The van der Waals surface area contributed by atoms with Crippen molar-refractivity contribution in [2.45, 2.75) is 17.8 Å². The van der Waals surface area contributed by atoms with Crippen LogP contribution in [-0.2, 0) is 18.9 Å². The van der Waals surface area contributed by atoms with Gasteiger partial charge < -0.3 is 18.9 Å². The largest absolute Gasteiger partial charge is 0.459 e. The van der Waals surface area contributed by atoms with Crippen molar-refractivity contribution in [1.82, 2.24) is 0 Å². The van der Waals surface area contributed by atoms with Gasteiger partial charge in [-0.2, -0.15) is 0 Å². The molecule has 1 aliphatic rings. The summed E-state index contributed by atoms with van der Waals surface area (Å²) in [4.78, 5) is 38.1.